The van der Waals surface area contributed by atoms with E-state index in [0.29, 0.717) is 35.4 Å². The lowest BCUT2D eigenvalue weighted by Gasteiger charge is -2.35. The largest absolute Gasteiger partial charge is 0.416 e. The minimum Gasteiger partial charge on any atom is -0.376 e. The van der Waals surface area contributed by atoms with Gasteiger partial charge in [0.05, 0.1) is 59.7 Å². The smallest absolute Gasteiger partial charge is 0.376 e. The summed E-state index contributed by atoms with van der Waals surface area (Å²) in [5.41, 5.74) is -7.74. The van der Waals surface area contributed by atoms with Gasteiger partial charge in [-0.2, -0.15) is 88.6 Å². The summed E-state index contributed by atoms with van der Waals surface area (Å²) in [6, 6.07) is 8.42. The topological polar surface area (TPSA) is 112 Å². The molecule has 30 heteroatoms. The molecule has 0 N–H and O–H groups in total. The molecule has 2 heterocycles. The second kappa shape index (κ2) is 23.4. The molecule has 2 aliphatic carbocycles. The van der Waals surface area contributed by atoms with Gasteiger partial charge in [0.1, 0.15) is 0 Å². The fourth-order valence-electron chi connectivity index (χ4n) is 9.29. The molecule has 0 saturated heterocycles. The number of hydrogen-bond acceptors (Lipinski definition) is 10. The summed E-state index contributed by atoms with van der Waals surface area (Å²) >= 11 is 0. The number of nitrogens with zero attached hydrogens (tertiary/aromatic N) is 10. The van der Waals surface area contributed by atoms with Gasteiger partial charge in [0.2, 0.25) is 0 Å². The molecule has 12 nitrogen and oxygen atoms in total. The fraction of sp³-hybridized carbons (Fsp3) is 0.480. The molecule has 0 spiro atoms. The normalized spacial score (nSPS) is 15.7. The molecule has 8 rings (SSSR count). The van der Waals surface area contributed by atoms with Crippen LogP contribution in [0.1, 0.15) is 117 Å². The maximum Gasteiger partial charge on any atom is 0.416 e. The van der Waals surface area contributed by atoms with E-state index in [1.54, 1.807) is 0 Å². The highest BCUT2D eigenvalue weighted by molar-refractivity contribution is 5.44. The Morgan fingerprint density at radius 2 is 0.738 bits per heavy atom. The second-order valence-electron chi connectivity index (χ2n) is 19.2. The van der Waals surface area contributed by atoms with Crippen molar-refractivity contribution >= 4 is 11.9 Å². The van der Waals surface area contributed by atoms with Crippen LogP contribution in [0, 0.1) is 11.8 Å². The molecule has 4 aromatic carbocycles. The van der Waals surface area contributed by atoms with Crippen molar-refractivity contribution in [2.24, 2.45) is 25.9 Å². The van der Waals surface area contributed by atoms with Crippen LogP contribution in [0.3, 0.4) is 0 Å². The molecular weight excluding hydrogens is 1110 g/mol. The van der Waals surface area contributed by atoms with Crippen LogP contribution in [0.15, 0.2) is 72.8 Å². The van der Waals surface area contributed by atoms with Crippen LogP contribution in [-0.2, 0) is 86.8 Å². The summed E-state index contributed by atoms with van der Waals surface area (Å²) < 4.78 is 255. The summed E-state index contributed by atoms with van der Waals surface area (Å²) in [5.74, 6) is -0.313. The van der Waals surface area contributed by atoms with E-state index in [1.165, 1.54) is 50.2 Å². The van der Waals surface area contributed by atoms with Crippen LogP contribution in [0.25, 0.3) is 0 Å². The number of halogens is 18. The number of tetrazole rings is 2. The summed E-state index contributed by atoms with van der Waals surface area (Å²) in [5, 5.41) is 22.9. The Balaban J connectivity index is 0.000000231. The molecule has 6 aromatic rings. The third-order valence-electron chi connectivity index (χ3n) is 13.5. The highest BCUT2D eigenvalue weighted by Gasteiger charge is 2.41. The van der Waals surface area contributed by atoms with Gasteiger partial charge in [0, 0.05) is 40.4 Å². The number of ether oxygens (including phenoxy) is 2. The minimum absolute atomic E-state index is 0.00112. The molecule has 0 unspecified atom stereocenters. The van der Waals surface area contributed by atoms with Crippen LogP contribution in [0.4, 0.5) is 90.9 Å². The molecule has 0 bridgehead atoms. The van der Waals surface area contributed by atoms with Crippen molar-refractivity contribution in [3.63, 3.8) is 0 Å². The van der Waals surface area contributed by atoms with E-state index in [9.17, 15) is 79.0 Å². The Morgan fingerprint density at radius 3 is 0.963 bits per heavy atom. The van der Waals surface area contributed by atoms with Crippen molar-refractivity contribution < 1.29 is 88.5 Å². The van der Waals surface area contributed by atoms with Crippen LogP contribution in [-0.4, -0.2) is 54.6 Å². The number of rotatable bonds is 16. The van der Waals surface area contributed by atoms with Crippen molar-refractivity contribution in [2.45, 2.75) is 114 Å². The van der Waals surface area contributed by atoms with Crippen molar-refractivity contribution in [3.05, 3.63) is 140 Å². The van der Waals surface area contributed by atoms with Gasteiger partial charge in [-0.05, 0) is 142 Å². The molecule has 2 fully saturated rings. The summed E-state index contributed by atoms with van der Waals surface area (Å²) in [7, 11) is 5.61. The number of benzene rings is 4. The van der Waals surface area contributed by atoms with E-state index in [1.807, 2.05) is 0 Å². The zero-order valence-electron chi connectivity index (χ0n) is 42.4. The van der Waals surface area contributed by atoms with E-state index in [0.717, 1.165) is 72.4 Å². The zero-order chi connectivity index (χ0) is 58.9. The molecule has 2 aliphatic rings. The predicted octanol–water partition coefficient (Wildman–Crippen LogP) is 13.9. The average molecular weight is 1160 g/mol. The SMILES string of the molecule is CO[C@@H](c1ccc(C(F)(F)F)cc1CN(Cc1cc(C(F)(F)F)cc(C(F)(F)F)c1)c1nnn(C)n1)C1CCC1.CO[C@H](c1ccc(C(F)(F)F)cc1CN(Cc1cc(C(F)(F)F)cc(C(F)(F)F)c1)c1nnn(C)n1)C1CCC1. The van der Waals surface area contributed by atoms with E-state index >= 15 is 0 Å². The van der Waals surface area contributed by atoms with Gasteiger partial charge in [-0.25, -0.2) is 0 Å². The summed E-state index contributed by atoms with van der Waals surface area (Å²) in [4.78, 5) is 4.37. The number of alkyl halides is 18. The van der Waals surface area contributed by atoms with Gasteiger partial charge in [-0.1, -0.05) is 35.2 Å². The molecule has 2 aromatic heterocycles. The molecule has 0 radical (unpaired) electrons. The predicted molar refractivity (Wildman–Crippen MR) is 247 cm³/mol. The first-order valence-electron chi connectivity index (χ1n) is 24.1. The highest BCUT2D eigenvalue weighted by Crippen LogP contribution is 2.45. The van der Waals surface area contributed by atoms with E-state index < -0.39 is 107 Å². The maximum absolute atomic E-state index is 13.6. The van der Waals surface area contributed by atoms with E-state index in [-0.39, 0.29) is 60.1 Å². The van der Waals surface area contributed by atoms with Gasteiger partial charge in [0.25, 0.3) is 11.9 Å². The number of aryl methyl sites for hydroxylation is 2. The van der Waals surface area contributed by atoms with Gasteiger partial charge in [-0.15, -0.1) is 10.2 Å². The third-order valence-corrected chi connectivity index (χ3v) is 13.5. The Morgan fingerprint density at radius 1 is 0.438 bits per heavy atom. The average Bonchev–Trinajstić information content (AvgIpc) is 3.97. The Hall–Kier alpha value is -6.72. The highest BCUT2D eigenvalue weighted by atomic mass is 19.4. The monoisotopic (exact) mass is 1160 g/mol. The third kappa shape index (κ3) is 15.0. The minimum atomic E-state index is -5.08. The lowest BCUT2D eigenvalue weighted by atomic mass is 9.77. The van der Waals surface area contributed by atoms with Gasteiger partial charge in [-0.3, -0.25) is 0 Å². The van der Waals surface area contributed by atoms with Crippen LogP contribution in [0.2, 0.25) is 0 Å². The van der Waals surface area contributed by atoms with Gasteiger partial charge < -0.3 is 19.3 Å². The van der Waals surface area contributed by atoms with Crippen molar-refractivity contribution in [1.82, 2.24) is 40.4 Å². The first kappa shape index (κ1) is 60.9. The summed E-state index contributed by atoms with van der Waals surface area (Å²) in [6.07, 6.45) is -25.8. The van der Waals surface area contributed by atoms with E-state index in [4.69, 9.17) is 9.47 Å². The molecule has 0 aliphatic heterocycles. The maximum atomic E-state index is 13.6. The van der Waals surface area contributed by atoms with Gasteiger partial charge in [0.15, 0.2) is 0 Å². The first-order valence-corrected chi connectivity index (χ1v) is 24.1. The van der Waals surface area contributed by atoms with Crippen molar-refractivity contribution in [1.29, 1.82) is 0 Å². The molecule has 2 atom stereocenters. The fourth-order valence-corrected chi connectivity index (χ4v) is 9.29. The summed E-state index contributed by atoms with van der Waals surface area (Å²) in [6.45, 7) is -1.94. The second-order valence-corrected chi connectivity index (χ2v) is 19.2. The Bertz CT molecular complexity index is 2800. The van der Waals surface area contributed by atoms with E-state index in [2.05, 4.69) is 30.8 Å². The number of methoxy groups -OCH3 is 2. The molecule has 80 heavy (non-hydrogen) atoms. The Labute approximate surface area is 443 Å². The molecule has 436 valence electrons. The number of aromatic nitrogens is 8. The van der Waals surface area contributed by atoms with Crippen LogP contribution >= 0.6 is 0 Å². The van der Waals surface area contributed by atoms with Crippen LogP contribution < -0.4 is 9.80 Å². The van der Waals surface area contributed by atoms with Crippen LogP contribution in [0.5, 0.6) is 0 Å². The number of anilines is 2. The Kier molecular flexibility index (Phi) is 17.8. The van der Waals surface area contributed by atoms with Crippen molar-refractivity contribution in [3.8, 4) is 0 Å². The standard InChI is InChI=1S/2C25H24F9N5O/c2*1-38-36-22(35-37-38)39(12-14-8-18(24(29,30)31)11-19(9-14)25(32,33)34)13-16-10-17(23(26,27)28)6-7-20(16)21(40-2)15-4-3-5-15/h2*6-11,15,21H,3-5,12-13H2,1-2H3/t2*21-/m10/s1. The van der Waals surface area contributed by atoms with Crippen molar-refractivity contribution in [2.75, 3.05) is 24.0 Å². The quantitative estimate of drug-likeness (QED) is 0.0869. The first-order chi connectivity index (χ1) is 37.1. The molecular formula is C50H48F18N10O2. The lowest BCUT2D eigenvalue weighted by molar-refractivity contribution is -0.144. The molecule has 0 amide bonds. The lowest BCUT2D eigenvalue weighted by Crippen LogP contribution is -2.28. The number of hydrogen-bond donors (Lipinski definition) is 0. The zero-order valence-corrected chi connectivity index (χ0v) is 42.4. The van der Waals surface area contributed by atoms with Gasteiger partial charge >= 0.3 is 37.1 Å². The molecule has 2 saturated carbocycles.